The highest BCUT2D eigenvalue weighted by atomic mass is 35.5. The molecule has 1 aliphatic rings. The summed E-state index contributed by atoms with van der Waals surface area (Å²) in [7, 11) is 0. The van der Waals surface area contributed by atoms with Crippen LogP contribution in [0.2, 0.25) is 5.15 Å². The van der Waals surface area contributed by atoms with Gasteiger partial charge in [0.25, 0.3) is 0 Å². The van der Waals surface area contributed by atoms with E-state index in [1.54, 1.807) is 12.4 Å². The second-order valence-corrected chi connectivity index (χ2v) is 4.07. The van der Waals surface area contributed by atoms with Crippen molar-refractivity contribution in [2.75, 3.05) is 0 Å². The van der Waals surface area contributed by atoms with E-state index in [2.05, 4.69) is 15.2 Å². The van der Waals surface area contributed by atoms with Crippen LogP contribution in [0.1, 0.15) is 18.7 Å². The zero-order valence-corrected chi connectivity index (χ0v) is 8.28. The summed E-state index contributed by atoms with van der Waals surface area (Å²) in [5, 5.41) is 8.74. The number of hydrogen-bond acceptors (Lipinski definition) is 3. The predicted molar refractivity (Wildman–Crippen MR) is 52.2 cm³/mol. The molecule has 5 heteroatoms. The van der Waals surface area contributed by atoms with Crippen LogP contribution in [-0.2, 0) is 6.42 Å². The molecular weight excluding hydrogens is 200 g/mol. The third-order valence-corrected chi connectivity index (χ3v) is 2.77. The lowest BCUT2D eigenvalue weighted by molar-refractivity contribution is 0.757. The van der Waals surface area contributed by atoms with Gasteiger partial charge in [0, 0.05) is 6.42 Å². The van der Waals surface area contributed by atoms with E-state index in [1.165, 1.54) is 12.8 Å². The molecule has 0 radical (unpaired) electrons. The van der Waals surface area contributed by atoms with Crippen molar-refractivity contribution >= 4 is 17.2 Å². The molecule has 0 aromatic carbocycles. The first-order chi connectivity index (χ1) is 6.84. The van der Waals surface area contributed by atoms with Crippen LogP contribution in [0, 0.1) is 5.92 Å². The first-order valence-electron chi connectivity index (χ1n) is 4.68. The van der Waals surface area contributed by atoms with Crippen LogP contribution in [0.3, 0.4) is 0 Å². The summed E-state index contributed by atoms with van der Waals surface area (Å²) in [5.74, 6) is 1.74. The number of rotatable bonds is 2. The Morgan fingerprint density at radius 2 is 2.21 bits per heavy atom. The number of fused-ring (bicyclic) bond motifs is 1. The molecule has 1 aliphatic carbocycles. The van der Waals surface area contributed by atoms with Gasteiger partial charge in [0.15, 0.2) is 5.65 Å². The van der Waals surface area contributed by atoms with Gasteiger partial charge in [-0.3, -0.25) is 9.38 Å². The molecule has 72 valence electrons. The van der Waals surface area contributed by atoms with Crippen molar-refractivity contribution in [1.29, 1.82) is 0 Å². The monoisotopic (exact) mass is 208 g/mol. The Hall–Kier alpha value is -1.16. The maximum Gasteiger partial charge on any atom is 0.180 e. The van der Waals surface area contributed by atoms with E-state index in [4.69, 9.17) is 11.6 Å². The molecule has 0 aliphatic heterocycles. The molecule has 0 N–H and O–H groups in total. The van der Waals surface area contributed by atoms with Gasteiger partial charge in [0.2, 0.25) is 0 Å². The quantitative estimate of drug-likeness (QED) is 0.755. The van der Waals surface area contributed by atoms with Gasteiger partial charge in [0.1, 0.15) is 11.0 Å². The molecule has 2 aromatic heterocycles. The highest BCUT2D eigenvalue weighted by Gasteiger charge is 2.24. The second kappa shape index (κ2) is 2.92. The van der Waals surface area contributed by atoms with Crippen molar-refractivity contribution in [3.8, 4) is 0 Å². The van der Waals surface area contributed by atoms with E-state index in [1.807, 2.05) is 4.40 Å². The van der Waals surface area contributed by atoms with Gasteiger partial charge in [-0.05, 0) is 18.8 Å². The summed E-state index contributed by atoms with van der Waals surface area (Å²) in [6, 6.07) is 0. The molecule has 1 saturated carbocycles. The van der Waals surface area contributed by atoms with Gasteiger partial charge in [-0.2, -0.15) is 0 Å². The SMILES string of the molecule is Clc1cncc2nnc(CC3CC3)n12. The van der Waals surface area contributed by atoms with E-state index in [0.717, 1.165) is 23.8 Å². The third kappa shape index (κ3) is 1.26. The van der Waals surface area contributed by atoms with Crippen LogP contribution >= 0.6 is 11.6 Å². The first-order valence-corrected chi connectivity index (χ1v) is 5.06. The first kappa shape index (κ1) is 8.17. The molecule has 1 fully saturated rings. The Morgan fingerprint density at radius 3 is 3.00 bits per heavy atom. The van der Waals surface area contributed by atoms with Gasteiger partial charge in [-0.25, -0.2) is 0 Å². The zero-order chi connectivity index (χ0) is 9.54. The molecule has 0 amide bonds. The highest BCUT2D eigenvalue weighted by Crippen LogP contribution is 2.32. The van der Waals surface area contributed by atoms with Gasteiger partial charge >= 0.3 is 0 Å². The Balaban J connectivity index is 2.13. The number of hydrogen-bond donors (Lipinski definition) is 0. The van der Waals surface area contributed by atoms with Crippen LogP contribution in [0.4, 0.5) is 0 Å². The van der Waals surface area contributed by atoms with Crippen molar-refractivity contribution in [2.24, 2.45) is 5.92 Å². The molecular formula is C9H9ClN4. The maximum atomic E-state index is 6.03. The van der Waals surface area contributed by atoms with E-state index >= 15 is 0 Å². The molecule has 14 heavy (non-hydrogen) atoms. The average Bonchev–Trinajstić information content (AvgIpc) is 2.88. The predicted octanol–water partition coefficient (Wildman–Crippen LogP) is 1.73. The van der Waals surface area contributed by atoms with Crippen molar-refractivity contribution in [3.63, 3.8) is 0 Å². The Labute approximate surface area is 85.9 Å². The van der Waals surface area contributed by atoms with Crippen LogP contribution in [-0.4, -0.2) is 19.6 Å². The van der Waals surface area contributed by atoms with Crippen molar-refractivity contribution in [2.45, 2.75) is 19.3 Å². The van der Waals surface area contributed by atoms with Crippen LogP contribution in [0.25, 0.3) is 5.65 Å². The largest absolute Gasteiger partial charge is 0.266 e. The molecule has 0 saturated heterocycles. The molecule has 0 atom stereocenters. The van der Waals surface area contributed by atoms with E-state index in [-0.39, 0.29) is 0 Å². The fourth-order valence-electron chi connectivity index (χ4n) is 1.58. The van der Waals surface area contributed by atoms with Crippen molar-refractivity contribution in [1.82, 2.24) is 19.6 Å². The number of halogens is 1. The number of nitrogens with zero attached hydrogens (tertiary/aromatic N) is 4. The molecule has 2 aromatic rings. The van der Waals surface area contributed by atoms with Crippen molar-refractivity contribution in [3.05, 3.63) is 23.4 Å². The van der Waals surface area contributed by atoms with Gasteiger partial charge in [-0.15, -0.1) is 10.2 Å². The normalized spacial score (nSPS) is 16.4. The smallest absolute Gasteiger partial charge is 0.180 e. The number of aromatic nitrogens is 4. The van der Waals surface area contributed by atoms with Gasteiger partial charge in [0.05, 0.1) is 12.4 Å². The van der Waals surface area contributed by atoms with Crippen LogP contribution < -0.4 is 0 Å². The highest BCUT2D eigenvalue weighted by molar-refractivity contribution is 6.29. The molecule has 0 spiro atoms. The lowest BCUT2D eigenvalue weighted by Crippen LogP contribution is -1.97. The van der Waals surface area contributed by atoms with E-state index in [0.29, 0.717) is 5.15 Å². The minimum atomic E-state index is 0.586. The molecule has 2 heterocycles. The summed E-state index contributed by atoms with van der Waals surface area (Å²) in [5.41, 5.74) is 0.730. The van der Waals surface area contributed by atoms with Crippen LogP contribution in [0.15, 0.2) is 12.4 Å². The molecule has 0 unspecified atom stereocenters. The second-order valence-electron chi connectivity index (χ2n) is 3.69. The Bertz CT molecular complexity index is 475. The van der Waals surface area contributed by atoms with Crippen molar-refractivity contribution < 1.29 is 0 Å². The average molecular weight is 209 g/mol. The minimum absolute atomic E-state index is 0.586. The lowest BCUT2D eigenvalue weighted by atomic mass is 10.3. The fourth-order valence-corrected chi connectivity index (χ4v) is 1.82. The summed E-state index contributed by atoms with van der Waals surface area (Å²) in [6.07, 6.45) is 6.88. The maximum absolute atomic E-state index is 6.03. The van der Waals surface area contributed by atoms with Crippen LogP contribution in [0.5, 0.6) is 0 Å². The standard InChI is InChI=1S/C9H9ClN4/c10-7-4-11-5-9-13-12-8(14(7)9)3-6-1-2-6/h4-6H,1-3H2. The fraction of sp³-hybridized carbons (Fsp3) is 0.444. The minimum Gasteiger partial charge on any atom is -0.266 e. The van der Waals surface area contributed by atoms with Gasteiger partial charge < -0.3 is 0 Å². The summed E-state index contributed by atoms with van der Waals surface area (Å²) in [6.45, 7) is 0. The summed E-state index contributed by atoms with van der Waals surface area (Å²) < 4.78 is 1.87. The summed E-state index contributed by atoms with van der Waals surface area (Å²) >= 11 is 6.03. The third-order valence-electron chi connectivity index (χ3n) is 2.51. The zero-order valence-electron chi connectivity index (χ0n) is 7.52. The Kier molecular flexibility index (Phi) is 1.70. The summed E-state index contributed by atoms with van der Waals surface area (Å²) in [4.78, 5) is 3.97. The topological polar surface area (TPSA) is 43.1 Å². The lowest BCUT2D eigenvalue weighted by Gasteiger charge is -1.99. The molecule has 0 bridgehead atoms. The van der Waals surface area contributed by atoms with E-state index in [9.17, 15) is 0 Å². The Morgan fingerprint density at radius 1 is 1.36 bits per heavy atom. The van der Waals surface area contributed by atoms with Gasteiger partial charge in [-0.1, -0.05) is 11.6 Å². The molecule has 3 rings (SSSR count). The molecule has 4 nitrogen and oxygen atoms in total. The van der Waals surface area contributed by atoms with E-state index < -0.39 is 0 Å².